The molecular formula is C10H15NO2. The zero-order valence-corrected chi connectivity index (χ0v) is 7.77. The van der Waals surface area contributed by atoms with E-state index in [-0.39, 0.29) is 17.9 Å². The van der Waals surface area contributed by atoms with Crippen LogP contribution in [0.4, 0.5) is 0 Å². The second-order valence-corrected chi connectivity index (χ2v) is 3.80. The van der Waals surface area contributed by atoms with Crippen molar-refractivity contribution in [2.45, 2.75) is 19.4 Å². The van der Waals surface area contributed by atoms with E-state index in [1.165, 1.54) is 0 Å². The molecular weight excluding hydrogens is 166 g/mol. The van der Waals surface area contributed by atoms with Crippen LogP contribution in [0.5, 0.6) is 0 Å². The Labute approximate surface area is 77.9 Å². The van der Waals surface area contributed by atoms with Crippen molar-refractivity contribution < 1.29 is 9.53 Å². The van der Waals surface area contributed by atoms with Crippen LogP contribution in [0.15, 0.2) is 12.2 Å². The van der Waals surface area contributed by atoms with Crippen molar-refractivity contribution in [3.8, 4) is 0 Å². The molecule has 4 atom stereocenters. The number of fused-ring (bicyclic) bond motifs is 2. The minimum absolute atomic E-state index is 0.0194. The van der Waals surface area contributed by atoms with Crippen molar-refractivity contribution >= 4 is 5.97 Å². The fraction of sp³-hybridized carbons (Fsp3) is 0.700. The van der Waals surface area contributed by atoms with Crippen molar-refractivity contribution in [3.63, 3.8) is 0 Å². The molecule has 0 aromatic carbocycles. The number of allylic oxidation sites excluding steroid dienone is 1. The third-order valence-corrected chi connectivity index (χ3v) is 3.08. The second kappa shape index (κ2) is 3.14. The van der Waals surface area contributed by atoms with Gasteiger partial charge in [-0.25, -0.2) is 0 Å². The maximum Gasteiger partial charge on any atom is 0.311 e. The summed E-state index contributed by atoms with van der Waals surface area (Å²) in [6, 6.07) is -0.0194. The van der Waals surface area contributed by atoms with Crippen molar-refractivity contribution in [2.24, 2.45) is 23.5 Å². The molecule has 0 unspecified atom stereocenters. The van der Waals surface area contributed by atoms with Crippen molar-refractivity contribution in [1.29, 1.82) is 0 Å². The molecule has 0 aromatic heterocycles. The normalized spacial score (nSPS) is 41.1. The molecule has 0 heterocycles. The number of hydrogen-bond acceptors (Lipinski definition) is 3. The van der Waals surface area contributed by atoms with Crippen molar-refractivity contribution in [2.75, 3.05) is 6.61 Å². The number of hydrogen-bond donors (Lipinski definition) is 1. The Morgan fingerprint density at radius 3 is 2.77 bits per heavy atom. The van der Waals surface area contributed by atoms with E-state index >= 15 is 0 Å². The predicted octanol–water partition coefficient (Wildman–Crippen LogP) is 0.699. The minimum atomic E-state index is -0.119. The van der Waals surface area contributed by atoms with Gasteiger partial charge in [0, 0.05) is 6.04 Å². The number of nitrogens with two attached hydrogens (primary N) is 1. The number of ether oxygens (including phenoxy) is 1. The lowest BCUT2D eigenvalue weighted by Crippen LogP contribution is -2.39. The van der Waals surface area contributed by atoms with E-state index in [2.05, 4.69) is 12.2 Å². The third kappa shape index (κ3) is 1.27. The fourth-order valence-corrected chi connectivity index (χ4v) is 2.43. The molecule has 2 aliphatic carbocycles. The van der Waals surface area contributed by atoms with Gasteiger partial charge in [-0.3, -0.25) is 4.79 Å². The van der Waals surface area contributed by atoms with Gasteiger partial charge < -0.3 is 10.5 Å². The molecule has 2 rings (SSSR count). The Morgan fingerprint density at radius 1 is 1.54 bits per heavy atom. The van der Waals surface area contributed by atoms with Crippen LogP contribution >= 0.6 is 0 Å². The summed E-state index contributed by atoms with van der Waals surface area (Å²) in [6.07, 6.45) is 5.27. The van der Waals surface area contributed by atoms with Gasteiger partial charge in [0.15, 0.2) is 0 Å². The highest BCUT2D eigenvalue weighted by Crippen LogP contribution is 2.43. The maximum atomic E-state index is 11.5. The Morgan fingerprint density at radius 2 is 2.23 bits per heavy atom. The molecule has 3 heteroatoms. The number of carbonyl (C=O) groups excluding carboxylic acids is 1. The molecule has 0 spiro atoms. The lowest BCUT2D eigenvalue weighted by atomic mass is 9.90. The monoisotopic (exact) mass is 181 g/mol. The number of carbonyl (C=O) groups is 1. The largest absolute Gasteiger partial charge is 0.466 e. The van der Waals surface area contributed by atoms with Gasteiger partial charge in [-0.05, 0) is 25.2 Å². The molecule has 1 fully saturated rings. The Kier molecular flexibility index (Phi) is 2.12. The lowest BCUT2D eigenvalue weighted by molar-refractivity contribution is -0.149. The van der Waals surface area contributed by atoms with Crippen LogP contribution in [0.1, 0.15) is 13.3 Å². The van der Waals surface area contributed by atoms with Crippen LogP contribution in [0.25, 0.3) is 0 Å². The van der Waals surface area contributed by atoms with Gasteiger partial charge >= 0.3 is 5.97 Å². The first-order valence-corrected chi connectivity index (χ1v) is 4.84. The van der Waals surface area contributed by atoms with Crippen LogP contribution in [0, 0.1) is 17.8 Å². The summed E-state index contributed by atoms with van der Waals surface area (Å²) >= 11 is 0. The summed E-state index contributed by atoms with van der Waals surface area (Å²) in [5.41, 5.74) is 5.94. The van der Waals surface area contributed by atoms with Gasteiger partial charge in [0.1, 0.15) is 0 Å². The second-order valence-electron chi connectivity index (χ2n) is 3.80. The maximum absolute atomic E-state index is 11.5. The van der Waals surface area contributed by atoms with Crippen molar-refractivity contribution in [3.05, 3.63) is 12.2 Å². The van der Waals surface area contributed by atoms with Gasteiger partial charge in [-0.15, -0.1) is 0 Å². The van der Waals surface area contributed by atoms with Crippen LogP contribution in [-0.2, 0) is 9.53 Å². The molecule has 1 saturated carbocycles. The Balaban J connectivity index is 2.08. The first-order valence-electron chi connectivity index (χ1n) is 4.84. The average molecular weight is 181 g/mol. The predicted molar refractivity (Wildman–Crippen MR) is 48.8 cm³/mol. The molecule has 2 N–H and O–H groups in total. The van der Waals surface area contributed by atoms with E-state index in [9.17, 15) is 4.79 Å². The summed E-state index contributed by atoms with van der Waals surface area (Å²) < 4.78 is 5.00. The van der Waals surface area contributed by atoms with Gasteiger partial charge in [0.25, 0.3) is 0 Å². The summed E-state index contributed by atoms with van der Waals surface area (Å²) in [5, 5.41) is 0. The Hall–Kier alpha value is -0.830. The SMILES string of the molecule is CCOC(=O)[C@H]1[C@@H](N)[C@@H]2C=C[C@@H]1C2. The topological polar surface area (TPSA) is 52.3 Å². The first-order chi connectivity index (χ1) is 6.24. The molecule has 13 heavy (non-hydrogen) atoms. The number of esters is 1. The fourth-order valence-electron chi connectivity index (χ4n) is 2.43. The van der Waals surface area contributed by atoms with Crippen LogP contribution in [0.2, 0.25) is 0 Å². The quantitative estimate of drug-likeness (QED) is 0.504. The molecule has 0 saturated heterocycles. The van der Waals surface area contributed by atoms with E-state index < -0.39 is 0 Å². The minimum Gasteiger partial charge on any atom is -0.466 e. The van der Waals surface area contributed by atoms with E-state index in [4.69, 9.17) is 10.5 Å². The smallest absolute Gasteiger partial charge is 0.311 e. The van der Waals surface area contributed by atoms with E-state index in [1.54, 1.807) is 0 Å². The molecule has 0 aliphatic heterocycles. The number of rotatable bonds is 2. The lowest BCUT2D eigenvalue weighted by Gasteiger charge is -2.22. The van der Waals surface area contributed by atoms with E-state index in [0.717, 1.165) is 6.42 Å². The molecule has 0 aromatic rings. The molecule has 0 radical (unpaired) electrons. The Bertz CT molecular complexity index is 249. The van der Waals surface area contributed by atoms with Crippen molar-refractivity contribution in [1.82, 2.24) is 0 Å². The average Bonchev–Trinajstić information content (AvgIpc) is 2.63. The summed E-state index contributed by atoms with van der Waals surface area (Å²) in [4.78, 5) is 11.5. The third-order valence-electron chi connectivity index (χ3n) is 3.08. The molecule has 2 aliphatic rings. The summed E-state index contributed by atoms with van der Waals surface area (Å²) in [5.74, 6) is 0.528. The van der Waals surface area contributed by atoms with Gasteiger partial charge in [-0.2, -0.15) is 0 Å². The highest BCUT2D eigenvalue weighted by Gasteiger charge is 2.46. The summed E-state index contributed by atoms with van der Waals surface area (Å²) in [7, 11) is 0. The van der Waals surface area contributed by atoms with E-state index in [0.29, 0.717) is 18.4 Å². The van der Waals surface area contributed by atoms with Gasteiger partial charge in [0.05, 0.1) is 12.5 Å². The van der Waals surface area contributed by atoms with E-state index in [1.807, 2.05) is 6.92 Å². The highest BCUT2D eigenvalue weighted by molar-refractivity contribution is 5.75. The van der Waals surface area contributed by atoms with Crippen LogP contribution in [0.3, 0.4) is 0 Å². The molecule has 3 nitrogen and oxygen atoms in total. The van der Waals surface area contributed by atoms with Gasteiger partial charge in [0.2, 0.25) is 0 Å². The first kappa shape index (κ1) is 8.75. The molecule has 2 bridgehead atoms. The zero-order chi connectivity index (χ0) is 9.42. The molecule has 72 valence electrons. The highest BCUT2D eigenvalue weighted by atomic mass is 16.5. The molecule has 0 amide bonds. The van der Waals surface area contributed by atoms with Crippen LogP contribution in [-0.4, -0.2) is 18.6 Å². The summed E-state index contributed by atoms with van der Waals surface area (Å²) in [6.45, 7) is 2.27. The zero-order valence-electron chi connectivity index (χ0n) is 7.77. The van der Waals surface area contributed by atoms with Gasteiger partial charge in [-0.1, -0.05) is 12.2 Å². The standard InChI is InChI=1S/C10H15NO2/c1-2-13-10(12)8-6-3-4-7(5-6)9(8)11/h3-4,6-9H,2,5,11H2,1H3/t6-,7-,8-,9+/m1/s1. The van der Waals surface area contributed by atoms with Crippen LogP contribution < -0.4 is 5.73 Å².